The predicted octanol–water partition coefficient (Wildman–Crippen LogP) is 3.46. The summed E-state index contributed by atoms with van der Waals surface area (Å²) in [6.45, 7) is 8.46. The lowest BCUT2D eigenvalue weighted by Gasteiger charge is -2.09. The van der Waals surface area contributed by atoms with Gasteiger partial charge in [0.15, 0.2) is 0 Å². The third-order valence-corrected chi connectivity index (χ3v) is 3.55. The first-order valence-corrected chi connectivity index (χ1v) is 7.48. The van der Waals surface area contributed by atoms with Gasteiger partial charge in [0.2, 0.25) is 0 Å². The normalized spacial score (nSPS) is 11.0. The van der Waals surface area contributed by atoms with Crippen LogP contribution in [0.2, 0.25) is 0 Å². The third kappa shape index (κ3) is 3.28. The Morgan fingerprint density at radius 1 is 1.20 bits per heavy atom. The van der Waals surface area contributed by atoms with Crippen molar-refractivity contribution in [1.82, 2.24) is 15.1 Å². The second-order valence-corrected chi connectivity index (χ2v) is 5.34. The van der Waals surface area contributed by atoms with E-state index in [1.54, 1.807) is 0 Å². The molecule has 108 valence electrons. The first-order valence-electron chi connectivity index (χ1n) is 7.48. The fraction of sp³-hybridized carbons (Fsp3) is 0.471. The second-order valence-electron chi connectivity index (χ2n) is 5.34. The number of aromatic nitrogens is 2. The molecule has 0 unspecified atom stereocenters. The van der Waals surface area contributed by atoms with E-state index in [9.17, 15) is 0 Å². The molecule has 1 aromatic heterocycles. The molecule has 0 atom stereocenters. The molecule has 20 heavy (non-hydrogen) atoms. The average molecular weight is 271 g/mol. The molecule has 3 nitrogen and oxygen atoms in total. The van der Waals surface area contributed by atoms with Gasteiger partial charge in [0.05, 0.1) is 5.69 Å². The first-order chi connectivity index (χ1) is 9.65. The first kappa shape index (κ1) is 14.8. The number of aryl methyl sites for hydroxylation is 3. The van der Waals surface area contributed by atoms with Gasteiger partial charge in [0.25, 0.3) is 0 Å². The average Bonchev–Trinajstić information content (AvgIpc) is 2.78. The van der Waals surface area contributed by atoms with Gasteiger partial charge in [-0.1, -0.05) is 38.5 Å². The lowest BCUT2D eigenvalue weighted by atomic mass is 9.97. The molecule has 1 aromatic carbocycles. The highest BCUT2D eigenvalue weighted by Gasteiger charge is 2.11. The Balaban J connectivity index is 2.33. The summed E-state index contributed by atoms with van der Waals surface area (Å²) in [6, 6.07) is 6.73. The number of benzene rings is 1. The molecule has 2 aromatic rings. The zero-order valence-electron chi connectivity index (χ0n) is 13.0. The summed E-state index contributed by atoms with van der Waals surface area (Å²) in [5, 5.41) is 7.96. The lowest BCUT2D eigenvalue weighted by Crippen LogP contribution is -2.11. The van der Waals surface area contributed by atoms with Gasteiger partial charge in [0.1, 0.15) is 0 Å². The van der Waals surface area contributed by atoms with Crippen molar-refractivity contribution in [2.24, 2.45) is 7.05 Å². The van der Waals surface area contributed by atoms with Crippen LogP contribution in [0.3, 0.4) is 0 Å². The fourth-order valence-corrected chi connectivity index (χ4v) is 2.59. The molecule has 0 amide bonds. The quantitative estimate of drug-likeness (QED) is 0.872. The summed E-state index contributed by atoms with van der Waals surface area (Å²) in [5.41, 5.74) is 6.46. The SMILES string of the molecule is CCCc1nn(C)cc1-c1ccc(CNCC)cc1C. The van der Waals surface area contributed by atoms with Crippen LogP contribution >= 0.6 is 0 Å². The number of rotatable bonds is 6. The zero-order valence-corrected chi connectivity index (χ0v) is 13.0. The van der Waals surface area contributed by atoms with E-state index >= 15 is 0 Å². The van der Waals surface area contributed by atoms with Gasteiger partial charge in [-0.25, -0.2) is 0 Å². The van der Waals surface area contributed by atoms with Crippen molar-refractivity contribution < 1.29 is 0 Å². The number of nitrogens with zero attached hydrogens (tertiary/aromatic N) is 2. The summed E-state index contributed by atoms with van der Waals surface area (Å²) in [7, 11) is 2.00. The van der Waals surface area contributed by atoms with Crippen LogP contribution in [0.15, 0.2) is 24.4 Å². The second kappa shape index (κ2) is 6.71. The van der Waals surface area contributed by atoms with Crippen molar-refractivity contribution >= 4 is 0 Å². The standard InChI is InChI=1S/C17H25N3/c1-5-7-17-16(12-20(4)19-17)15-9-8-14(10-13(15)3)11-18-6-2/h8-10,12,18H,5-7,11H2,1-4H3. The van der Waals surface area contributed by atoms with Crippen molar-refractivity contribution in [1.29, 1.82) is 0 Å². The van der Waals surface area contributed by atoms with Crippen LogP contribution in [0.25, 0.3) is 11.1 Å². The number of hydrogen-bond acceptors (Lipinski definition) is 2. The van der Waals surface area contributed by atoms with E-state index in [1.807, 2.05) is 11.7 Å². The lowest BCUT2D eigenvalue weighted by molar-refractivity contribution is 0.726. The van der Waals surface area contributed by atoms with Crippen molar-refractivity contribution in [2.75, 3.05) is 6.54 Å². The molecule has 0 aliphatic rings. The van der Waals surface area contributed by atoms with Crippen LogP contribution in [0.4, 0.5) is 0 Å². The number of nitrogens with one attached hydrogen (secondary N) is 1. The third-order valence-electron chi connectivity index (χ3n) is 3.55. The highest BCUT2D eigenvalue weighted by Crippen LogP contribution is 2.27. The van der Waals surface area contributed by atoms with E-state index in [1.165, 1.54) is 27.9 Å². The zero-order chi connectivity index (χ0) is 14.5. The van der Waals surface area contributed by atoms with Gasteiger partial charge in [-0.15, -0.1) is 0 Å². The topological polar surface area (TPSA) is 29.9 Å². The maximum atomic E-state index is 4.59. The smallest absolute Gasteiger partial charge is 0.0702 e. The summed E-state index contributed by atoms with van der Waals surface area (Å²) in [5.74, 6) is 0. The molecule has 0 spiro atoms. The molecule has 0 aliphatic heterocycles. The van der Waals surface area contributed by atoms with E-state index < -0.39 is 0 Å². The summed E-state index contributed by atoms with van der Waals surface area (Å²) >= 11 is 0. The van der Waals surface area contributed by atoms with E-state index in [2.05, 4.69) is 55.6 Å². The van der Waals surface area contributed by atoms with Crippen LogP contribution in [-0.2, 0) is 20.0 Å². The largest absolute Gasteiger partial charge is 0.313 e. The molecule has 0 fully saturated rings. The summed E-state index contributed by atoms with van der Waals surface area (Å²) in [6.07, 6.45) is 4.30. The van der Waals surface area contributed by atoms with Gasteiger partial charge in [-0.3, -0.25) is 4.68 Å². The van der Waals surface area contributed by atoms with Crippen molar-refractivity contribution in [3.8, 4) is 11.1 Å². The van der Waals surface area contributed by atoms with E-state index in [0.29, 0.717) is 0 Å². The minimum atomic E-state index is 0.937. The van der Waals surface area contributed by atoms with Crippen LogP contribution < -0.4 is 5.32 Å². The predicted molar refractivity (Wildman–Crippen MR) is 84.8 cm³/mol. The molecular weight excluding hydrogens is 246 g/mol. The van der Waals surface area contributed by atoms with Gasteiger partial charge in [-0.05, 0) is 36.6 Å². The monoisotopic (exact) mass is 271 g/mol. The summed E-state index contributed by atoms with van der Waals surface area (Å²) in [4.78, 5) is 0. The molecule has 0 saturated heterocycles. The van der Waals surface area contributed by atoms with Crippen LogP contribution in [0, 0.1) is 6.92 Å². The Morgan fingerprint density at radius 2 is 2.00 bits per heavy atom. The van der Waals surface area contributed by atoms with Crippen LogP contribution in [-0.4, -0.2) is 16.3 Å². The van der Waals surface area contributed by atoms with Crippen molar-refractivity contribution in [3.05, 3.63) is 41.2 Å². The fourth-order valence-electron chi connectivity index (χ4n) is 2.59. The van der Waals surface area contributed by atoms with E-state index in [4.69, 9.17) is 0 Å². The molecule has 0 bridgehead atoms. The van der Waals surface area contributed by atoms with E-state index in [0.717, 1.165) is 25.9 Å². The highest BCUT2D eigenvalue weighted by molar-refractivity contribution is 5.69. The minimum Gasteiger partial charge on any atom is -0.313 e. The molecule has 2 rings (SSSR count). The Bertz CT molecular complexity index is 570. The van der Waals surface area contributed by atoms with E-state index in [-0.39, 0.29) is 0 Å². The maximum absolute atomic E-state index is 4.59. The van der Waals surface area contributed by atoms with Gasteiger partial charge >= 0.3 is 0 Å². The Labute approximate surface area is 122 Å². The van der Waals surface area contributed by atoms with Crippen molar-refractivity contribution in [2.45, 2.75) is 40.2 Å². The molecule has 0 aliphatic carbocycles. The highest BCUT2D eigenvalue weighted by atomic mass is 15.2. The maximum Gasteiger partial charge on any atom is 0.0702 e. The van der Waals surface area contributed by atoms with Gasteiger partial charge in [-0.2, -0.15) is 5.10 Å². The summed E-state index contributed by atoms with van der Waals surface area (Å²) < 4.78 is 1.92. The Hall–Kier alpha value is -1.61. The number of hydrogen-bond donors (Lipinski definition) is 1. The Kier molecular flexibility index (Phi) is 4.96. The van der Waals surface area contributed by atoms with Crippen LogP contribution in [0.1, 0.15) is 37.1 Å². The minimum absolute atomic E-state index is 0.937. The Morgan fingerprint density at radius 3 is 2.65 bits per heavy atom. The molecule has 0 radical (unpaired) electrons. The molecular formula is C17H25N3. The molecule has 0 saturated carbocycles. The van der Waals surface area contributed by atoms with Gasteiger partial charge in [0, 0.05) is 25.4 Å². The molecule has 1 N–H and O–H groups in total. The molecule has 1 heterocycles. The van der Waals surface area contributed by atoms with Gasteiger partial charge < -0.3 is 5.32 Å². The van der Waals surface area contributed by atoms with Crippen molar-refractivity contribution in [3.63, 3.8) is 0 Å². The molecule has 3 heteroatoms. The van der Waals surface area contributed by atoms with Crippen LogP contribution in [0.5, 0.6) is 0 Å².